The summed E-state index contributed by atoms with van der Waals surface area (Å²) in [5.41, 5.74) is 1.92. The summed E-state index contributed by atoms with van der Waals surface area (Å²) in [5.74, 6) is -0.880. The quantitative estimate of drug-likeness (QED) is 0.863. The van der Waals surface area contributed by atoms with E-state index in [-0.39, 0.29) is 0 Å². The highest BCUT2D eigenvalue weighted by Gasteiger charge is 2.22. The van der Waals surface area contributed by atoms with Crippen LogP contribution in [0.15, 0.2) is 28.9 Å². The maximum absolute atomic E-state index is 11.3. The van der Waals surface area contributed by atoms with E-state index in [9.17, 15) is 9.90 Å². The molecule has 1 aliphatic heterocycles. The lowest BCUT2D eigenvalue weighted by Gasteiger charge is -2.20. The number of carboxylic acids is 1. The highest BCUT2D eigenvalue weighted by molar-refractivity contribution is 6.05. The standard InChI is InChI=1S/C13H13NO3/c15-13(16)10-3-4-11-9(5-8-17-11)12(10)14-6-1-2-7-14/h3-5,8H,1-2,6-7H2,(H,15,16). The third-order valence-electron chi connectivity index (χ3n) is 3.26. The van der Waals surface area contributed by atoms with Crippen LogP contribution in [0, 0.1) is 0 Å². The van der Waals surface area contributed by atoms with Crippen molar-refractivity contribution in [2.24, 2.45) is 0 Å². The Hall–Kier alpha value is -1.97. The van der Waals surface area contributed by atoms with Crippen molar-refractivity contribution in [3.63, 3.8) is 0 Å². The van der Waals surface area contributed by atoms with Crippen LogP contribution in [0.4, 0.5) is 5.69 Å². The SMILES string of the molecule is O=C(O)c1ccc2occc2c1N1CCCC1. The minimum Gasteiger partial charge on any atom is -0.478 e. The lowest BCUT2D eigenvalue weighted by molar-refractivity contribution is 0.0697. The van der Waals surface area contributed by atoms with Crippen LogP contribution in [0.2, 0.25) is 0 Å². The Morgan fingerprint density at radius 3 is 2.71 bits per heavy atom. The van der Waals surface area contributed by atoms with Crippen LogP contribution < -0.4 is 4.90 Å². The molecule has 0 radical (unpaired) electrons. The van der Waals surface area contributed by atoms with Crippen molar-refractivity contribution in [3.05, 3.63) is 30.0 Å². The van der Waals surface area contributed by atoms with Crippen molar-refractivity contribution < 1.29 is 14.3 Å². The van der Waals surface area contributed by atoms with E-state index in [2.05, 4.69) is 4.90 Å². The number of furan rings is 1. The van der Waals surface area contributed by atoms with Crippen LogP contribution in [-0.4, -0.2) is 24.2 Å². The highest BCUT2D eigenvalue weighted by atomic mass is 16.4. The number of anilines is 1. The number of hydrogen-bond acceptors (Lipinski definition) is 3. The molecule has 4 nitrogen and oxygen atoms in total. The number of hydrogen-bond donors (Lipinski definition) is 1. The fourth-order valence-electron chi connectivity index (χ4n) is 2.48. The molecule has 88 valence electrons. The molecule has 1 N–H and O–H groups in total. The average molecular weight is 231 g/mol. The number of aromatic carboxylic acids is 1. The van der Waals surface area contributed by atoms with Crippen molar-refractivity contribution in [1.29, 1.82) is 0 Å². The molecule has 1 fully saturated rings. The first-order valence-electron chi connectivity index (χ1n) is 5.76. The van der Waals surface area contributed by atoms with Gasteiger partial charge in [-0.15, -0.1) is 0 Å². The zero-order valence-electron chi connectivity index (χ0n) is 9.35. The molecule has 0 saturated carbocycles. The van der Waals surface area contributed by atoms with Gasteiger partial charge in [0.1, 0.15) is 5.58 Å². The largest absolute Gasteiger partial charge is 0.478 e. The average Bonchev–Trinajstić information content (AvgIpc) is 2.98. The molecule has 3 rings (SSSR count). The summed E-state index contributed by atoms with van der Waals surface area (Å²) in [6.07, 6.45) is 3.84. The van der Waals surface area contributed by atoms with Gasteiger partial charge in [-0.1, -0.05) is 0 Å². The molecule has 2 heterocycles. The van der Waals surface area contributed by atoms with E-state index in [1.54, 1.807) is 18.4 Å². The fraction of sp³-hybridized carbons (Fsp3) is 0.308. The number of fused-ring (bicyclic) bond motifs is 1. The molecule has 0 atom stereocenters. The van der Waals surface area contributed by atoms with Crippen LogP contribution >= 0.6 is 0 Å². The smallest absolute Gasteiger partial charge is 0.337 e. The van der Waals surface area contributed by atoms with Crippen molar-refractivity contribution in [1.82, 2.24) is 0 Å². The molecule has 4 heteroatoms. The summed E-state index contributed by atoms with van der Waals surface area (Å²) in [6, 6.07) is 5.19. The van der Waals surface area contributed by atoms with Gasteiger partial charge >= 0.3 is 5.97 Å². The van der Waals surface area contributed by atoms with E-state index in [4.69, 9.17) is 4.42 Å². The summed E-state index contributed by atoms with van der Waals surface area (Å²) >= 11 is 0. The summed E-state index contributed by atoms with van der Waals surface area (Å²) in [6.45, 7) is 1.84. The number of rotatable bonds is 2. The summed E-state index contributed by atoms with van der Waals surface area (Å²) in [4.78, 5) is 13.4. The van der Waals surface area contributed by atoms with E-state index >= 15 is 0 Å². The van der Waals surface area contributed by atoms with Crippen molar-refractivity contribution >= 4 is 22.6 Å². The second kappa shape index (κ2) is 3.80. The van der Waals surface area contributed by atoms with Gasteiger partial charge in [0.25, 0.3) is 0 Å². The Bertz CT molecular complexity index is 567. The number of carbonyl (C=O) groups is 1. The predicted molar refractivity (Wildman–Crippen MR) is 64.6 cm³/mol. The third-order valence-corrected chi connectivity index (χ3v) is 3.26. The van der Waals surface area contributed by atoms with E-state index in [0.29, 0.717) is 5.56 Å². The fourth-order valence-corrected chi connectivity index (χ4v) is 2.48. The first kappa shape index (κ1) is 10.2. The Morgan fingerprint density at radius 2 is 2.00 bits per heavy atom. The lowest BCUT2D eigenvalue weighted by Crippen LogP contribution is -2.20. The van der Waals surface area contributed by atoms with Crippen LogP contribution in [0.25, 0.3) is 11.0 Å². The lowest BCUT2D eigenvalue weighted by atomic mass is 10.1. The molecule has 1 aromatic carbocycles. The Kier molecular flexibility index (Phi) is 2.28. The topological polar surface area (TPSA) is 53.7 Å². The Morgan fingerprint density at radius 1 is 1.24 bits per heavy atom. The Labute approximate surface area is 98.4 Å². The molecular formula is C13H13NO3. The van der Waals surface area contributed by atoms with E-state index in [1.807, 2.05) is 6.07 Å². The number of benzene rings is 1. The zero-order valence-corrected chi connectivity index (χ0v) is 9.35. The number of carboxylic acid groups (broad SMARTS) is 1. The molecule has 0 unspecified atom stereocenters. The van der Waals surface area contributed by atoms with Gasteiger partial charge in [0.05, 0.1) is 17.5 Å². The van der Waals surface area contributed by atoms with Gasteiger partial charge in [-0.2, -0.15) is 0 Å². The predicted octanol–water partition coefficient (Wildman–Crippen LogP) is 2.73. The van der Waals surface area contributed by atoms with Gasteiger partial charge in [0.2, 0.25) is 0 Å². The minimum atomic E-state index is -0.880. The Balaban J connectivity index is 2.25. The minimum absolute atomic E-state index is 0.362. The third kappa shape index (κ3) is 1.56. The highest BCUT2D eigenvalue weighted by Crippen LogP contribution is 2.33. The molecule has 1 aromatic heterocycles. The second-order valence-corrected chi connectivity index (χ2v) is 4.29. The first-order chi connectivity index (χ1) is 8.27. The molecule has 17 heavy (non-hydrogen) atoms. The van der Waals surface area contributed by atoms with Gasteiger partial charge in [-0.3, -0.25) is 0 Å². The normalized spacial score (nSPS) is 15.6. The van der Waals surface area contributed by atoms with Gasteiger partial charge in [0.15, 0.2) is 0 Å². The van der Waals surface area contributed by atoms with Gasteiger partial charge in [0, 0.05) is 18.5 Å². The van der Waals surface area contributed by atoms with E-state index in [0.717, 1.165) is 42.6 Å². The molecule has 0 spiro atoms. The van der Waals surface area contributed by atoms with Crippen molar-refractivity contribution in [3.8, 4) is 0 Å². The zero-order chi connectivity index (χ0) is 11.8. The van der Waals surface area contributed by atoms with Gasteiger partial charge < -0.3 is 14.4 Å². The van der Waals surface area contributed by atoms with Gasteiger partial charge in [-0.25, -0.2) is 4.79 Å². The van der Waals surface area contributed by atoms with Crippen molar-refractivity contribution in [2.75, 3.05) is 18.0 Å². The molecule has 0 aliphatic carbocycles. The number of nitrogens with zero attached hydrogens (tertiary/aromatic N) is 1. The van der Waals surface area contributed by atoms with E-state index < -0.39 is 5.97 Å². The first-order valence-corrected chi connectivity index (χ1v) is 5.76. The summed E-state index contributed by atoms with van der Waals surface area (Å²) in [5, 5.41) is 10.2. The molecular weight excluding hydrogens is 218 g/mol. The van der Waals surface area contributed by atoms with E-state index in [1.165, 1.54) is 0 Å². The monoisotopic (exact) mass is 231 g/mol. The van der Waals surface area contributed by atoms with Gasteiger partial charge in [-0.05, 0) is 31.0 Å². The molecule has 0 amide bonds. The molecule has 1 saturated heterocycles. The molecule has 1 aliphatic rings. The van der Waals surface area contributed by atoms with Crippen LogP contribution in [0.3, 0.4) is 0 Å². The molecule has 0 bridgehead atoms. The summed E-state index contributed by atoms with van der Waals surface area (Å²) < 4.78 is 5.33. The summed E-state index contributed by atoms with van der Waals surface area (Å²) in [7, 11) is 0. The second-order valence-electron chi connectivity index (χ2n) is 4.29. The van der Waals surface area contributed by atoms with Crippen LogP contribution in [-0.2, 0) is 0 Å². The maximum atomic E-state index is 11.3. The molecule has 2 aromatic rings. The van der Waals surface area contributed by atoms with Crippen LogP contribution in [0.1, 0.15) is 23.2 Å². The maximum Gasteiger partial charge on any atom is 0.337 e. The van der Waals surface area contributed by atoms with Crippen molar-refractivity contribution in [2.45, 2.75) is 12.8 Å². The van der Waals surface area contributed by atoms with Crippen LogP contribution in [0.5, 0.6) is 0 Å².